The van der Waals surface area contributed by atoms with Crippen LogP contribution in [0.4, 0.5) is 5.82 Å². The van der Waals surface area contributed by atoms with E-state index in [9.17, 15) is 0 Å². The molecular weight excluding hydrogens is 188 g/mol. The second kappa shape index (κ2) is 4.23. The lowest BCUT2D eigenvalue weighted by Crippen LogP contribution is -2.33. The van der Waals surface area contributed by atoms with E-state index in [1.54, 1.807) is 4.68 Å². The molecule has 2 N–H and O–H groups in total. The van der Waals surface area contributed by atoms with Crippen LogP contribution in [0.1, 0.15) is 25.5 Å². The summed E-state index contributed by atoms with van der Waals surface area (Å²) in [5, 5.41) is 4.38. The molecule has 2 rings (SSSR count). The monoisotopic (exact) mass is 208 g/mol. The van der Waals surface area contributed by atoms with E-state index >= 15 is 0 Å². The molecule has 4 heteroatoms. The quantitative estimate of drug-likeness (QED) is 0.795. The Morgan fingerprint density at radius 3 is 3.00 bits per heavy atom. The third-order valence-electron chi connectivity index (χ3n) is 3.09. The van der Waals surface area contributed by atoms with E-state index in [0.29, 0.717) is 0 Å². The summed E-state index contributed by atoms with van der Waals surface area (Å²) < 4.78 is 1.74. The predicted octanol–water partition coefficient (Wildman–Crippen LogP) is 1.23. The van der Waals surface area contributed by atoms with Crippen molar-refractivity contribution in [1.29, 1.82) is 0 Å². The second-order valence-electron chi connectivity index (χ2n) is 4.67. The minimum absolute atomic E-state index is 0.745. The highest BCUT2D eigenvalue weighted by Crippen LogP contribution is 2.17. The molecule has 1 atom stereocenters. The van der Waals surface area contributed by atoms with Crippen molar-refractivity contribution < 1.29 is 0 Å². The molecule has 15 heavy (non-hydrogen) atoms. The molecule has 4 nitrogen and oxygen atoms in total. The van der Waals surface area contributed by atoms with E-state index in [-0.39, 0.29) is 0 Å². The Bertz CT molecular complexity index is 312. The Labute approximate surface area is 91.1 Å². The molecule has 1 aliphatic rings. The second-order valence-corrected chi connectivity index (χ2v) is 4.67. The molecule has 1 aromatic rings. The summed E-state index contributed by atoms with van der Waals surface area (Å²) in [6.07, 6.45) is 2.67. The van der Waals surface area contributed by atoms with E-state index in [0.717, 1.165) is 24.0 Å². The van der Waals surface area contributed by atoms with E-state index in [2.05, 4.69) is 16.9 Å². The maximum atomic E-state index is 5.75. The van der Waals surface area contributed by atoms with Crippen LogP contribution in [0, 0.1) is 5.92 Å². The van der Waals surface area contributed by atoms with E-state index in [4.69, 9.17) is 5.73 Å². The molecule has 0 saturated carbocycles. The number of aromatic nitrogens is 2. The first-order valence-electron chi connectivity index (χ1n) is 5.66. The van der Waals surface area contributed by atoms with Crippen LogP contribution in [0.3, 0.4) is 0 Å². The lowest BCUT2D eigenvalue weighted by Gasteiger charge is -2.30. The Kier molecular flexibility index (Phi) is 2.95. The van der Waals surface area contributed by atoms with Gasteiger partial charge in [-0.2, -0.15) is 5.10 Å². The standard InChI is InChI=1S/C11H20N4/c1-9-4-3-5-15(7-9)8-10-6-11(12)14(2)13-10/h6,9H,3-5,7-8,12H2,1-2H3/t9-/m1/s1. The molecule has 0 amide bonds. The van der Waals surface area contributed by atoms with Crippen LogP contribution < -0.4 is 5.73 Å². The summed E-state index contributed by atoms with van der Waals surface area (Å²) in [6.45, 7) is 5.64. The maximum absolute atomic E-state index is 5.75. The zero-order chi connectivity index (χ0) is 10.8. The summed E-state index contributed by atoms with van der Waals surface area (Å²) >= 11 is 0. The molecule has 0 spiro atoms. The van der Waals surface area contributed by atoms with Crippen LogP contribution in [0.15, 0.2) is 6.07 Å². The fourth-order valence-electron chi connectivity index (χ4n) is 2.28. The van der Waals surface area contributed by atoms with Crippen LogP contribution >= 0.6 is 0 Å². The van der Waals surface area contributed by atoms with Crippen LogP contribution in [-0.2, 0) is 13.6 Å². The average Bonchev–Trinajstić information content (AvgIpc) is 2.45. The summed E-state index contributed by atoms with van der Waals surface area (Å²) in [6, 6.07) is 1.97. The van der Waals surface area contributed by atoms with Crippen molar-refractivity contribution in [2.45, 2.75) is 26.3 Å². The van der Waals surface area contributed by atoms with Crippen molar-refractivity contribution in [1.82, 2.24) is 14.7 Å². The zero-order valence-corrected chi connectivity index (χ0v) is 9.61. The fourth-order valence-corrected chi connectivity index (χ4v) is 2.28. The first-order valence-corrected chi connectivity index (χ1v) is 5.66. The van der Waals surface area contributed by atoms with Gasteiger partial charge in [-0.05, 0) is 25.3 Å². The van der Waals surface area contributed by atoms with Gasteiger partial charge in [0.15, 0.2) is 0 Å². The highest BCUT2D eigenvalue weighted by atomic mass is 15.3. The van der Waals surface area contributed by atoms with Gasteiger partial charge < -0.3 is 5.73 Å². The Hall–Kier alpha value is -1.03. The van der Waals surface area contributed by atoms with E-state index in [1.807, 2.05) is 13.1 Å². The van der Waals surface area contributed by atoms with Gasteiger partial charge in [-0.3, -0.25) is 9.58 Å². The maximum Gasteiger partial charge on any atom is 0.121 e. The SMILES string of the molecule is C[C@@H]1CCCN(Cc2cc(N)n(C)n2)C1. The van der Waals surface area contributed by atoms with Crippen LogP contribution in [0.25, 0.3) is 0 Å². The third kappa shape index (κ3) is 2.50. The molecular formula is C11H20N4. The number of piperidine rings is 1. The molecule has 0 bridgehead atoms. The minimum Gasteiger partial charge on any atom is -0.384 e. The van der Waals surface area contributed by atoms with E-state index < -0.39 is 0 Å². The molecule has 0 aromatic carbocycles. The summed E-state index contributed by atoms with van der Waals surface area (Å²) in [4.78, 5) is 2.47. The van der Waals surface area contributed by atoms with Crippen LogP contribution in [-0.4, -0.2) is 27.8 Å². The predicted molar refractivity (Wildman–Crippen MR) is 61.3 cm³/mol. The van der Waals surface area contributed by atoms with Crippen LogP contribution in [0.5, 0.6) is 0 Å². The van der Waals surface area contributed by atoms with Gasteiger partial charge in [-0.25, -0.2) is 0 Å². The normalized spacial score (nSPS) is 23.2. The number of nitrogen functional groups attached to an aromatic ring is 1. The van der Waals surface area contributed by atoms with Gasteiger partial charge in [0.1, 0.15) is 5.82 Å². The molecule has 84 valence electrons. The van der Waals surface area contributed by atoms with Crippen molar-refractivity contribution in [3.8, 4) is 0 Å². The number of nitrogens with zero attached hydrogens (tertiary/aromatic N) is 3. The van der Waals surface area contributed by atoms with Gasteiger partial charge in [0, 0.05) is 26.2 Å². The van der Waals surface area contributed by atoms with Crippen molar-refractivity contribution >= 4 is 5.82 Å². The van der Waals surface area contributed by atoms with Crippen molar-refractivity contribution in [2.75, 3.05) is 18.8 Å². The summed E-state index contributed by atoms with van der Waals surface area (Å²) in [7, 11) is 1.89. The highest BCUT2D eigenvalue weighted by molar-refractivity contribution is 5.30. The molecule has 1 fully saturated rings. The topological polar surface area (TPSA) is 47.1 Å². The van der Waals surface area contributed by atoms with Crippen LogP contribution in [0.2, 0.25) is 0 Å². The number of nitrogens with two attached hydrogens (primary N) is 1. The molecule has 0 unspecified atom stereocenters. The fraction of sp³-hybridized carbons (Fsp3) is 0.727. The van der Waals surface area contributed by atoms with E-state index in [1.165, 1.54) is 25.9 Å². The van der Waals surface area contributed by atoms with Gasteiger partial charge in [0.05, 0.1) is 5.69 Å². The van der Waals surface area contributed by atoms with Gasteiger partial charge in [0.25, 0.3) is 0 Å². The van der Waals surface area contributed by atoms with Gasteiger partial charge in [0.2, 0.25) is 0 Å². The van der Waals surface area contributed by atoms with Crippen molar-refractivity contribution in [2.24, 2.45) is 13.0 Å². The summed E-state index contributed by atoms with van der Waals surface area (Å²) in [5.74, 6) is 1.56. The number of rotatable bonds is 2. The minimum atomic E-state index is 0.745. The summed E-state index contributed by atoms with van der Waals surface area (Å²) in [5.41, 5.74) is 6.84. The van der Waals surface area contributed by atoms with Gasteiger partial charge in [-0.15, -0.1) is 0 Å². The molecule has 0 aliphatic carbocycles. The smallest absolute Gasteiger partial charge is 0.121 e. The molecule has 1 aliphatic heterocycles. The number of anilines is 1. The lowest BCUT2D eigenvalue weighted by atomic mass is 10.0. The molecule has 0 radical (unpaired) electrons. The molecule has 1 aromatic heterocycles. The van der Waals surface area contributed by atoms with Gasteiger partial charge >= 0.3 is 0 Å². The van der Waals surface area contributed by atoms with Crippen molar-refractivity contribution in [3.05, 3.63) is 11.8 Å². The average molecular weight is 208 g/mol. The first-order chi connectivity index (χ1) is 7.15. The third-order valence-corrected chi connectivity index (χ3v) is 3.09. The largest absolute Gasteiger partial charge is 0.384 e. The highest BCUT2D eigenvalue weighted by Gasteiger charge is 2.17. The van der Waals surface area contributed by atoms with Gasteiger partial charge in [-0.1, -0.05) is 6.92 Å². The lowest BCUT2D eigenvalue weighted by molar-refractivity contribution is 0.174. The number of hydrogen-bond donors (Lipinski definition) is 1. The van der Waals surface area contributed by atoms with Crippen molar-refractivity contribution in [3.63, 3.8) is 0 Å². The Morgan fingerprint density at radius 1 is 1.60 bits per heavy atom. The Morgan fingerprint density at radius 2 is 2.40 bits per heavy atom. The first kappa shape index (κ1) is 10.5. The number of hydrogen-bond acceptors (Lipinski definition) is 3. The zero-order valence-electron chi connectivity index (χ0n) is 9.61. The Balaban J connectivity index is 1.96. The molecule has 2 heterocycles. The number of likely N-dealkylation sites (tertiary alicyclic amines) is 1. The molecule has 1 saturated heterocycles. The number of aryl methyl sites for hydroxylation is 1.